The van der Waals surface area contributed by atoms with Gasteiger partial charge in [-0.25, -0.2) is 18.0 Å². The zero-order valence-electron chi connectivity index (χ0n) is 52.3. The van der Waals surface area contributed by atoms with Crippen LogP contribution >= 0.6 is 35.9 Å². The van der Waals surface area contributed by atoms with Crippen molar-refractivity contribution in [2.75, 3.05) is 77.9 Å². The molecule has 19 heteroatoms. The van der Waals surface area contributed by atoms with Crippen LogP contribution in [0, 0.1) is 51.7 Å². The van der Waals surface area contributed by atoms with Gasteiger partial charge in [-0.3, -0.25) is 0 Å². The Balaban J connectivity index is 0.000000214. The number of hydrogen-bond acceptors (Lipinski definition) is 15. The summed E-state index contributed by atoms with van der Waals surface area (Å²) in [5, 5.41) is 30.9. The highest BCUT2D eigenvalue weighted by atomic mass is 35.5. The van der Waals surface area contributed by atoms with Crippen molar-refractivity contribution in [3.8, 4) is 35.5 Å². The summed E-state index contributed by atoms with van der Waals surface area (Å²) in [5.74, 6) is 5.62. The SMILES string of the molecule is COc1ccc([C@@H]2CCN(C(=O)OC(C)(C)C)C[C@H]2CS(=O)(=O)c2cccc(C#N)c2)cc1.COc1ccc([C@@H]2CCN(C(=O)OC(C)(C)C)C[C@H]2CSc2cccc(C#N)c2)cc1.COc1ccc([C@@H]2CCNC[C@H]2CSc2cccc(C#N)c2)cc1.Cl. The van der Waals surface area contributed by atoms with Crippen LogP contribution < -0.4 is 19.5 Å². The van der Waals surface area contributed by atoms with Crippen LogP contribution in [0.15, 0.2) is 160 Å². The number of nitriles is 3. The zero-order chi connectivity index (χ0) is 63.4. The quantitative estimate of drug-likeness (QED) is 0.0950. The third-order valence-corrected chi connectivity index (χ3v) is 19.8. The smallest absolute Gasteiger partial charge is 0.410 e. The van der Waals surface area contributed by atoms with Gasteiger partial charge in [0, 0.05) is 47.5 Å². The number of ether oxygens (including phenoxy) is 5. The van der Waals surface area contributed by atoms with Gasteiger partial charge in [-0.15, -0.1) is 35.9 Å². The van der Waals surface area contributed by atoms with Crippen LogP contribution in [0.5, 0.6) is 17.2 Å². The van der Waals surface area contributed by atoms with Gasteiger partial charge in [0.1, 0.15) is 28.5 Å². The molecular weight excluding hydrogens is 1200 g/mol. The maximum Gasteiger partial charge on any atom is 0.410 e. The van der Waals surface area contributed by atoms with E-state index in [1.807, 2.05) is 122 Å². The number of piperidine rings is 3. The van der Waals surface area contributed by atoms with Gasteiger partial charge in [0.2, 0.25) is 0 Å². The van der Waals surface area contributed by atoms with Gasteiger partial charge in [0.15, 0.2) is 9.84 Å². The molecule has 3 saturated heterocycles. The second-order valence-electron chi connectivity index (χ2n) is 24.2. The van der Waals surface area contributed by atoms with Crippen molar-refractivity contribution in [1.82, 2.24) is 15.1 Å². The van der Waals surface area contributed by atoms with E-state index in [1.165, 1.54) is 28.2 Å². The second kappa shape index (κ2) is 33.5. The van der Waals surface area contributed by atoms with Gasteiger partial charge in [0.25, 0.3) is 0 Å². The first-order valence-corrected chi connectivity index (χ1v) is 33.3. The first kappa shape index (κ1) is 70.7. The number of sulfone groups is 1. The fourth-order valence-corrected chi connectivity index (χ4v) is 15.2. The molecule has 6 aromatic rings. The molecule has 15 nitrogen and oxygen atoms in total. The lowest BCUT2D eigenvalue weighted by molar-refractivity contribution is 0.0148. The number of halogens is 1. The van der Waals surface area contributed by atoms with E-state index in [1.54, 1.807) is 70.9 Å². The Morgan fingerprint density at radius 3 is 1.34 bits per heavy atom. The number of benzene rings is 6. The second-order valence-corrected chi connectivity index (χ2v) is 28.4. The van der Waals surface area contributed by atoms with Crippen LogP contribution in [0.2, 0.25) is 0 Å². The molecule has 2 amide bonds. The van der Waals surface area contributed by atoms with Crippen LogP contribution in [-0.2, 0) is 19.3 Å². The lowest BCUT2D eigenvalue weighted by Gasteiger charge is -2.39. The number of hydrogen-bond donors (Lipinski definition) is 1. The molecule has 3 heterocycles. The minimum Gasteiger partial charge on any atom is -0.497 e. The van der Waals surface area contributed by atoms with E-state index < -0.39 is 27.1 Å². The number of nitrogens with one attached hydrogen (secondary N) is 1. The largest absolute Gasteiger partial charge is 0.497 e. The third kappa shape index (κ3) is 21.4. The van der Waals surface area contributed by atoms with Gasteiger partial charge in [0.05, 0.1) is 66.9 Å². The van der Waals surface area contributed by atoms with Gasteiger partial charge in [-0.1, -0.05) is 54.6 Å². The first-order valence-electron chi connectivity index (χ1n) is 29.7. The van der Waals surface area contributed by atoms with E-state index in [9.17, 15) is 23.3 Å². The summed E-state index contributed by atoms with van der Waals surface area (Å²) in [6, 6.07) is 52.4. The third-order valence-electron chi connectivity index (χ3n) is 15.6. The van der Waals surface area contributed by atoms with E-state index in [0.29, 0.717) is 54.9 Å². The van der Waals surface area contributed by atoms with E-state index in [2.05, 4.69) is 59.9 Å². The molecule has 3 aliphatic heterocycles. The molecule has 472 valence electrons. The summed E-state index contributed by atoms with van der Waals surface area (Å²) in [7, 11) is 1.28. The Morgan fingerprint density at radius 1 is 0.539 bits per heavy atom. The van der Waals surface area contributed by atoms with Crippen molar-refractivity contribution in [3.05, 3.63) is 179 Å². The number of likely N-dealkylation sites (tertiary alicyclic amines) is 2. The predicted molar refractivity (Wildman–Crippen MR) is 354 cm³/mol. The van der Waals surface area contributed by atoms with Crippen molar-refractivity contribution in [1.29, 1.82) is 15.8 Å². The maximum absolute atomic E-state index is 13.3. The van der Waals surface area contributed by atoms with E-state index >= 15 is 0 Å². The molecule has 89 heavy (non-hydrogen) atoms. The van der Waals surface area contributed by atoms with E-state index in [0.717, 1.165) is 70.7 Å². The Labute approximate surface area is 541 Å². The van der Waals surface area contributed by atoms with Gasteiger partial charge in [-0.05, 0) is 217 Å². The zero-order valence-corrected chi connectivity index (χ0v) is 55.6. The minimum atomic E-state index is -3.69. The Hall–Kier alpha value is -7.37. The summed E-state index contributed by atoms with van der Waals surface area (Å²) in [6.07, 6.45) is 1.97. The van der Waals surface area contributed by atoms with Crippen molar-refractivity contribution in [2.45, 2.75) is 104 Å². The summed E-state index contributed by atoms with van der Waals surface area (Å²) in [4.78, 5) is 31.2. The number of carbonyl (C=O) groups is 2. The molecule has 6 atom stereocenters. The molecule has 0 saturated carbocycles. The summed E-state index contributed by atoms with van der Waals surface area (Å²) >= 11 is 3.58. The summed E-state index contributed by atoms with van der Waals surface area (Å²) in [5.41, 5.74) is 4.21. The molecule has 0 aliphatic carbocycles. The van der Waals surface area contributed by atoms with E-state index in [4.69, 9.17) is 34.2 Å². The van der Waals surface area contributed by atoms with Gasteiger partial charge < -0.3 is 38.8 Å². The molecule has 0 bridgehead atoms. The average molecular weight is 1280 g/mol. The highest BCUT2D eigenvalue weighted by molar-refractivity contribution is 7.99. The number of nitrogens with zero attached hydrogens (tertiary/aromatic N) is 5. The number of thioether (sulfide) groups is 2. The Morgan fingerprint density at radius 2 is 0.921 bits per heavy atom. The standard InChI is InChI=1S/C25H30N2O5S.C25H30N2O3S.C20H22N2OS.ClH/c1-25(2,3)32-24(28)27-13-12-23(19-8-10-21(31-4)11-9-19)20(16-27)17-33(29,30)22-7-5-6-18(14-22)15-26;1-25(2,3)30-24(28)27-13-12-23(19-8-10-21(29-4)11-9-19)20(16-27)17-31-22-7-5-6-18(14-22)15-26;1-23-18-7-5-16(6-8-18)20-9-10-22-13-17(20)14-24-19-4-2-3-15(11-19)12-21;/h5-11,14,20,23H,12-13,16-17H2,1-4H3;5-11,14,20,23H,12-13,16-17H2,1-4H3;2-8,11,17,20,22H,9-10,13-14H2,1H3;1H/t2*20-,23-;17-,20-;/m000./s1. The van der Waals surface area contributed by atoms with Crippen LogP contribution in [-0.4, -0.2) is 119 Å². The molecule has 3 aliphatic rings. The number of methoxy groups -OCH3 is 3. The topological polar surface area (TPSA) is 204 Å². The van der Waals surface area contributed by atoms with Crippen molar-refractivity contribution in [2.24, 2.45) is 17.8 Å². The number of carbonyl (C=O) groups excluding carboxylic acids is 2. The molecule has 0 aromatic heterocycles. The monoisotopic (exact) mass is 1280 g/mol. The normalized spacial score (nSPS) is 19.1. The highest BCUT2D eigenvalue weighted by Gasteiger charge is 2.38. The fourth-order valence-electron chi connectivity index (χ4n) is 11.2. The molecule has 0 radical (unpaired) electrons. The molecule has 1 N–H and O–H groups in total. The maximum atomic E-state index is 13.3. The van der Waals surface area contributed by atoms with Crippen LogP contribution in [0.25, 0.3) is 0 Å². The summed E-state index contributed by atoms with van der Waals surface area (Å²) in [6.45, 7) is 15.3. The minimum absolute atomic E-state index is 0. The van der Waals surface area contributed by atoms with E-state index in [-0.39, 0.29) is 53.4 Å². The molecule has 0 unspecified atom stereocenters. The van der Waals surface area contributed by atoms with Gasteiger partial charge in [-0.2, -0.15) is 15.8 Å². The number of amides is 2. The molecule has 3 fully saturated rings. The molecule has 6 aromatic carbocycles. The predicted octanol–water partition coefficient (Wildman–Crippen LogP) is 14.6. The Kier molecular flexibility index (Phi) is 26.6. The molecule has 9 rings (SSSR count). The van der Waals surface area contributed by atoms with Crippen molar-refractivity contribution < 1.29 is 41.7 Å². The lowest BCUT2D eigenvalue weighted by Crippen LogP contribution is -2.47. The fraction of sp³-hybridized carbons (Fsp3) is 0.414. The summed E-state index contributed by atoms with van der Waals surface area (Å²) < 4.78 is 53.5. The number of rotatable bonds is 15. The van der Waals surface area contributed by atoms with Crippen LogP contribution in [0.1, 0.15) is 112 Å². The highest BCUT2D eigenvalue weighted by Crippen LogP contribution is 2.40. The molecule has 0 spiro atoms. The van der Waals surface area contributed by atoms with Crippen molar-refractivity contribution in [3.63, 3.8) is 0 Å². The first-order chi connectivity index (χ1) is 42.1. The Bertz CT molecular complexity index is 3510. The lowest BCUT2D eigenvalue weighted by atomic mass is 9.81. The van der Waals surface area contributed by atoms with Crippen molar-refractivity contribution >= 4 is 58.0 Å². The molecular formula is C70H83ClN6O9S3. The van der Waals surface area contributed by atoms with Crippen LogP contribution in [0.3, 0.4) is 0 Å². The van der Waals surface area contributed by atoms with Crippen LogP contribution in [0.4, 0.5) is 9.59 Å². The average Bonchev–Trinajstić information content (AvgIpc) is 1.85. The van der Waals surface area contributed by atoms with Gasteiger partial charge >= 0.3 is 12.2 Å².